The standard InChI is InChI=1S/C17H33N3O2/c1-14(2)15(20-9-5-3-4-6-10-20)11-18-16(22)19-12-17(13-21)7-8-17/h14-15,21H,3-13H2,1-2H3,(H2,18,19,22). The molecule has 2 fully saturated rings. The highest BCUT2D eigenvalue weighted by Gasteiger charge is 2.42. The van der Waals surface area contributed by atoms with E-state index >= 15 is 0 Å². The summed E-state index contributed by atoms with van der Waals surface area (Å²) in [6, 6.07) is 0.316. The van der Waals surface area contributed by atoms with E-state index in [0.717, 1.165) is 25.9 Å². The van der Waals surface area contributed by atoms with Gasteiger partial charge in [-0.25, -0.2) is 4.79 Å². The van der Waals surface area contributed by atoms with Crippen LogP contribution in [0.4, 0.5) is 4.79 Å². The topological polar surface area (TPSA) is 64.6 Å². The highest BCUT2D eigenvalue weighted by atomic mass is 16.3. The number of aliphatic hydroxyl groups is 1. The predicted octanol–water partition coefficient (Wildman–Crippen LogP) is 1.96. The summed E-state index contributed by atoms with van der Waals surface area (Å²) in [6.07, 6.45) is 7.25. The van der Waals surface area contributed by atoms with E-state index in [9.17, 15) is 9.90 Å². The summed E-state index contributed by atoms with van der Waals surface area (Å²) >= 11 is 0. The molecule has 128 valence electrons. The van der Waals surface area contributed by atoms with Crippen LogP contribution in [-0.4, -0.2) is 54.9 Å². The van der Waals surface area contributed by atoms with E-state index in [-0.39, 0.29) is 18.1 Å². The van der Waals surface area contributed by atoms with Crippen LogP contribution in [0.3, 0.4) is 0 Å². The number of amides is 2. The van der Waals surface area contributed by atoms with Crippen molar-refractivity contribution >= 4 is 6.03 Å². The normalized spacial score (nSPS) is 22.9. The van der Waals surface area contributed by atoms with Crippen LogP contribution in [-0.2, 0) is 0 Å². The van der Waals surface area contributed by atoms with Gasteiger partial charge in [0.25, 0.3) is 0 Å². The second kappa shape index (κ2) is 8.16. The maximum Gasteiger partial charge on any atom is 0.314 e. The highest BCUT2D eigenvalue weighted by molar-refractivity contribution is 5.73. The van der Waals surface area contributed by atoms with E-state index in [1.165, 1.54) is 25.7 Å². The molecule has 1 saturated heterocycles. The summed E-state index contributed by atoms with van der Waals surface area (Å²) in [5, 5.41) is 15.2. The monoisotopic (exact) mass is 311 g/mol. The van der Waals surface area contributed by atoms with E-state index in [1.807, 2.05) is 0 Å². The quantitative estimate of drug-likeness (QED) is 0.673. The Morgan fingerprint density at radius 2 is 1.77 bits per heavy atom. The first-order chi connectivity index (χ1) is 10.6. The summed E-state index contributed by atoms with van der Waals surface area (Å²) < 4.78 is 0. The minimum absolute atomic E-state index is 0.0282. The lowest BCUT2D eigenvalue weighted by Gasteiger charge is -2.33. The van der Waals surface area contributed by atoms with Crippen LogP contribution in [0.2, 0.25) is 0 Å². The smallest absolute Gasteiger partial charge is 0.314 e. The number of nitrogens with one attached hydrogen (secondary N) is 2. The molecule has 1 saturated carbocycles. The lowest BCUT2D eigenvalue weighted by Crippen LogP contribution is -2.49. The molecule has 0 bridgehead atoms. The number of urea groups is 1. The number of hydrogen-bond donors (Lipinski definition) is 3. The predicted molar refractivity (Wildman–Crippen MR) is 88.8 cm³/mol. The second-order valence-corrected chi connectivity index (χ2v) is 7.48. The molecule has 0 radical (unpaired) electrons. The fourth-order valence-corrected chi connectivity index (χ4v) is 3.31. The summed E-state index contributed by atoms with van der Waals surface area (Å²) in [6.45, 7) is 8.25. The Kier molecular flexibility index (Phi) is 6.50. The molecule has 2 amide bonds. The number of hydrogen-bond acceptors (Lipinski definition) is 3. The van der Waals surface area contributed by atoms with E-state index < -0.39 is 0 Å². The lowest BCUT2D eigenvalue weighted by atomic mass is 10.0. The van der Waals surface area contributed by atoms with Crippen LogP contribution in [0, 0.1) is 11.3 Å². The van der Waals surface area contributed by atoms with Crippen LogP contribution >= 0.6 is 0 Å². The summed E-state index contributed by atoms with van der Waals surface area (Å²) in [5.74, 6) is 0.533. The van der Waals surface area contributed by atoms with Gasteiger partial charge >= 0.3 is 6.03 Å². The van der Waals surface area contributed by atoms with Crippen molar-refractivity contribution in [3.05, 3.63) is 0 Å². The third-order valence-corrected chi connectivity index (χ3v) is 5.27. The van der Waals surface area contributed by atoms with Gasteiger partial charge in [0.1, 0.15) is 0 Å². The van der Waals surface area contributed by atoms with Crippen LogP contribution in [0.15, 0.2) is 0 Å². The zero-order valence-corrected chi connectivity index (χ0v) is 14.2. The van der Waals surface area contributed by atoms with E-state index in [4.69, 9.17) is 0 Å². The van der Waals surface area contributed by atoms with Crippen molar-refractivity contribution < 1.29 is 9.90 Å². The van der Waals surface area contributed by atoms with Gasteiger partial charge in [0, 0.05) is 24.5 Å². The minimum Gasteiger partial charge on any atom is -0.396 e. The number of carbonyl (C=O) groups is 1. The van der Waals surface area contributed by atoms with E-state index in [2.05, 4.69) is 29.4 Å². The fourth-order valence-electron chi connectivity index (χ4n) is 3.31. The molecule has 1 unspecified atom stereocenters. The van der Waals surface area contributed by atoms with Gasteiger partial charge in [0.15, 0.2) is 0 Å². The van der Waals surface area contributed by atoms with Crippen LogP contribution < -0.4 is 10.6 Å². The Hall–Kier alpha value is -0.810. The molecule has 22 heavy (non-hydrogen) atoms. The minimum atomic E-state index is -0.0970. The Labute approximate surface area is 134 Å². The van der Waals surface area contributed by atoms with E-state index in [0.29, 0.717) is 25.0 Å². The van der Waals surface area contributed by atoms with E-state index in [1.54, 1.807) is 0 Å². The average Bonchev–Trinajstić information content (AvgIpc) is 3.30. The van der Waals surface area contributed by atoms with Crippen molar-refractivity contribution in [3.63, 3.8) is 0 Å². The number of likely N-dealkylation sites (tertiary alicyclic amines) is 1. The van der Waals surface area contributed by atoms with Crippen molar-refractivity contribution in [2.45, 2.75) is 58.4 Å². The molecule has 1 atom stereocenters. The van der Waals surface area contributed by atoms with Gasteiger partial charge in [-0.2, -0.15) is 0 Å². The molecule has 0 aromatic rings. The zero-order chi connectivity index (χ0) is 16.0. The molecule has 5 heteroatoms. The number of nitrogens with zero attached hydrogens (tertiary/aromatic N) is 1. The Balaban J connectivity index is 1.74. The lowest BCUT2D eigenvalue weighted by molar-refractivity contribution is 0.156. The molecule has 1 heterocycles. The Bertz CT molecular complexity index is 348. The molecule has 3 N–H and O–H groups in total. The molecule has 1 aliphatic carbocycles. The first-order valence-electron chi connectivity index (χ1n) is 8.93. The molecule has 5 nitrogen and oxygen atoms in total. The Morgan fingerprint density at radius 3 is 2.27 bits per heavy atom. The summed E-state index contributed by atoms with van der Waals surface area (Å²) in [7, 11) is 0. The molecule has 0 spiro atoms. The molecule has 0 aromatic heterocycles. The molecular weight excluding hydrogens is 278 g/mol. The maximum absolute atomic E-state index is 12.0. The molecule has 2 aliphatic rings. The van der Waals surface area contributed by atoms with Gasteiger partial charge in [-0.1, -0.05) is 26.7 Å². The van der Waals surface area contributed by atoms with Crippen LogP contribution in [0.25, 0.3) is 0 Å². The number of carbonyl (C=O) groups excluding carboxylic acids is 1. The summed E-state index contributed by atoms with van der Waals surface area (Å²) in [4.78, 5) is 14.5. The summed E-state index contributed by atoms with van der Waals surface area (Å²) in [5.41, 5.74) is -0.0282. The average molecular weight is 311 g/mol. The zero-order valence-electron chi connectivity index (χ0n) is 14.2. The SMILES string of the molecule is CC(C)C(CNC(=O)NCC1(CO)CC1)N1CCCCCC1. The third-order valence-electron chi connectivity index (χ3n) is 5.27. The first-order valence-corrected chi connectivity index (χ1v) is 8.93. The maximum atomic E-state index is 12.0. The van der Waals surface area contributed by atoms with Crippen molar-refractivity contribution in [3.8, 4) is 0 Å². The molecular formula is C17H33N3O2. The van der Waals surface area contributed by atoms with Gasteiger partial charge in [0.05, 0.1) is 6.61 Å². The number of aliphatic hydroxyl groups excluding tert-OH is 1. The number of rotatable bonds is 7. The molecule has 2 rings (SSSR count). The fraction of sp³-hybridized carbons (Fsp3) is 0.941. The van der Waals surface area contributed by atoms with Gasteiger partial charge in [-0.15, -0.1) is 0 Å². The highest BCUT2D eigenvalue weighted by Crippen LogP contribution is 2.44. The largest absolute Gasteiger partial charge is 0.396 e. The second-order valence-electron chi connectivity index (χ2n) is 7.48. The van der Waals surface area contributed by atoms with Gasteiger partial charge in [-0.3, -0.25) is 4.90 Å². The van der Waals surface area contributed by atoms with Crippen LogP contribution in [0.5, 0.6) is 0 Å². The first kappa shape index (κ1) is 17.5. The van der Waals surface area contributed by atoms with Crippen LogP contribution in [0.1, 0.15) is 52.4 Å². The van der Waals surface area contributed by atoms with Crippen molar-refractivity contribution in [1.29, 1.82) is 0 Å². The van der Waals surface area contributed by atoms with Gasteiger partial charge < -0.3 is 15.7 Å². The van der Waals surface area contributed by atoms with Crippen molar-refractivity contribution in [1.82, 2.24) is 15.5 Å². The van der Waals surface area contributed by atoms with Crippen molar-refractivity contribution in [2.24, 2.45) is 11.3 Å². The van der Waals surface area contributed by atoms with Crippen molar-refractivity contribution in [2.75, 3.05) is 32.8 Å². The Morgan fingerprint density at radius 1 is 1.14 bits per heavy atom. The van der Waals surface area contributed by atoms with Gasteiger partial charge in [0.2, 0.25) is 0 Å². The molecule has 1 aliphatic heterocycles. The van der Waals surface area contributed by atoms with Gasteiger partial charge in [-0.05, 0) is 44.7 Å². The third kappa shape index (κ3) is 5.13. The molecule has 0 aromatic carbocycles.